The van der Waals surface area contributed by atoms with Gasteiger partial charge in [-0.3, -0.25) is 0 Å². The lowest BCUT2D eigenvalue weighted by atomic mass is 9.92. The lowest BCUT2D eigenvalue weighted by molar-refractivity contribution is 0.277. The van der Waals surface area contributed by atoms with E-state index in [1.54, 1.807) is 0 Å². The Bertz CT molecular complexity index is 518. The summed E-state index contributed by atoms with van der Waals surface area (Å²) < 4.78 is 6.06. The van der Waals surface area contributed by atoms with E-state index in [0.29, 0.717) is 22.8 Å². The van der Waals surface area contributed by atoms with Crippen molar-refractivity contribution in [2.45, 2.75) is 53.5 Å². The average molecular weight is 287 g/mol. The van der Waals surface area contributed by atoms with Crippen LogP contribution in [0, 0.1) is 16.7 Å². The number of hydrogen-bond acceptors (Lipinski definition) is 2. The van der Waals surface area contributed by atoms with E-state index in [2.05, 4.69) is 58.1 Å². The Morgan fingerprint density at radius 1 is 1.24 bits per heavy atom. The number of nitrogens with one attached hydrogen (secondary N) is 1. The van der Waals surface area contributed by atoms with Crippen molar-refractivity contribution in [3.8, 4) is 5.75 Å². The molecule has 1 atom stereocenters. The number of para-hydroxylation sites is 1. The molecule has 1 aromatic rings. The normalized spacial score (nSPS) is 24.0. The van der Waals surface area contributed by atoms with E-state index < -0.39 is 0 Å². The summed E-state index contributed by atoms with van der Waals surface area (Å²) in [6, 6.07) is 7.09. The van der Waals surface area contributed by atoms with Gasteiger partial charge in [0.15, 0.2) is 0 Å². The van der Waals surface area contributed by atoms with E-state index in [0.717, 1.165) is 31.7 Å². The fourth-order valence-electron chi connectivity index (χ4n) is 4.37. The molecule has 3 rings (SSSR count). The van der Waals surface area contributed by atoms with E-state index in [1.165, 1.54) is 11.1 Å². The molecular weight excluding hydrogens is 258 g/mol. The monoisotopic (exact) mass is 287 g/mol. The highest BCUT2D eigenvalue weighted by Crippen LogP contribution is 2.72. The molecule has 0 saturated heterocycles. The summed E-state index contributed by atoms with van der Waals surface area (Å²) in [6.07, 6.45) is 2.29. The van der Waals surface area contributed by atoms with Gasteiger partial charge in [0.25, 0.3) is 0 Å². The predicted molar refractivity (Wildman–Crippen MR) is 87.7 cm³/mol. The van der Waals surface area contributed by atoms with Crippen LogP contribution < -0.4 is 10.1 Å². The van der Waals surface area contributed by atoms with Gasteiger partial charge in [0.2, 0.25) is 0 Å². The first-order valence-electron chi connectivity index (χ1n) is 8.39. The first-order chi connectivity index (χ1) is 9.91. The number of benzene rings is 1. The third-order valence-corrected chi connectivity index (χ3v) is 6.19. The third-order valence-electron chi connectivity index (χ3n) is 6.19. The molecule has 0 aromatic heterocycles. The minimum atomic E-state index is 0.372. The Hall–Kier alpha value is -1.02. The smallest absolute Gasteiger partial charge is 0.127 e. The van der Waals surface area contributed by atoms with Crippen molar-refractivity contribution in [3.05, 3.63) is 29.3 Å². The molecule has 2 nitrogen and oxygen atoms in total. The lowest BCUT2D eigenvalue weighted by Gasteiger charge is -2.27. The van der Waals surface area contributed by atoms with Crippen molar-refractivity contribution in [1.82, 2.24) is 5.32 Å². The topological polar surface area (TPSA) is 21.3 Å². The van der Waals surface area contributed by atoms with Crippen LogP contribution in [0.15, 0.2) is 18.2 Å². The highest BCUT2D eigenvalue weighted by atomic mass is 16.5. The molecule has 0 amide bonds. The molecule has 1 aliphatic carbocycles. The Morgan fingerprint density at radius 3 is 2.57 bits per heavy atom. The van der Waals surface area contributed by atoms with Crippen molar-refractivity contribution in [2.75, 3.05) is 13.2 Å². The first kappa shape index (κ1) is 14.9. The van der Waals surface area contributed by atoms with Crippen LogP contribution in [0.25, 0.3) is 0 Å². The molecule has 116 valence electrons. The zero-order valence-electron chi connectivity index (χ0n) is 14.1. The van der Waals surface area contributed by atoms with E-state index in [9.17, 15) is 0 Å². The number of hydrogen-bond donors (Lipinski definition) is 1. The molecule has 0 bridgehead atoms. The van der Waals surface area contributed by atoms with E-state index in [-0.39, 0.29) is 0 Å². The summed E-state index contributed by atoms with van der Waals surface area (Å²) in [6.45, 7) is 13.7. The maximum atomic E-state index is 6.06. The van der Waals surface area contributed by atoms with Gasteiger partial charge in [0.1, 0.15) is 5.75 Å². The van der Waals surface area contributed by atoms with Crippen molar-refractivity contribution < 1.29 is 4.74 Å². The summed E-state index contributed by atoms with van der Waals surface area (Å²) in [4.78, 5) is 0. The number of rotatable bonds is 4. The second-order valence-electron chi connectivity index (χ2n) is 7.74. The summed E-state index contributed by atoms with van der Waals surface area (Å²) in [5.74, 6) is 1.81. The molecule has 1 aromatic carbocycles. The zero-order chi connectivity index (χ0) is 15.3. The minimum absolute atomic E-state index is 0.372. The molecule has 1 heterocycles. The van der Waals surface area contributed by atoms with Crippen molar-refractivity contribution >= 4 is 0 Å². The van der Waals surface area contributed by atoms with Gasteiger partial charge in [-0.2, -0.15) is 0 Å². The average Bonchev–Trinajstić information content (AvgIpc) is 2.86. The van der Waals surface area contributed by atoms with Crippen LogP contribution in [0.5, 0.6) is 5.75 Å². The Kier molecular flexibility index (Phi) is 3.56. The Balaban J connectivity index is 2.00. The number of aryl methyl sites for hydroxylation is 1. The van der Waals surface area contributed by atoms with Crippen molar-refractivity contribution in [1.29, 1.82) is 0 Å². The second kappa shape index (κ2) is 5.01. The maximum Gasteiger partial charge on any atom is 0.127 e. The van der Waals surface area contributed by atoms with Gasteiger partial charge in [0, 0.05) is 11.6 Å². The summed E-state index contributed by atoms with van der Waals surface area (Å²) in [5.41, 5.74) is 3.50. The van der Waals surface area contributed by atoms with Gasteiger partial charge < -0.3 is 10.1 Å². The van der Waals surface area contributed by atoms with Crippen molar-refractivity contribution in [3.63, 3.8) is 0 Å². The molecular formula is C19H29NO. The molecule has 1 aliphatic heterocycles. The maximum absolute atomic E-state index is 6.06. The minimum Gasteiger partial charge on any atom is -0.493 e. The van der Waals surface area contributed by atoms with E-state index >= 15 is 0 Å². The molecule has 2 aliphatic rings. The Labute approximate surface area is 129 Å². The Morgan fingerprint density at radius 2 is 1.95 bits per heavy atom. The highest BCUT2D eigenvalue weighted by molar-refractivity contribution is 5.46. The van der Waals surface area contributed by atoms with Gasteiger partial charge in [-0.25, -0.2) is 0 Å². The highest BCUT2D eigenvalue weighted by Gasteiger charge is 2.67. The number of ether oxygens (including phenoxy) is 1. The molecule has 2 heteroatoms. The summed E-state index contributed by atoms with van der Waals surface area (Å²) >= 11 is 0. The SMILES string of the molecule is CCNC(c1cccc2c1OCCC2)C1C(C)(C)C1(C)C. The van der Waals surface area contributed by atoms with Crippen LogP contribution in [0.1, 0.15) is 58.2 Å². The van der Waals surface area contributed by atoms with Gasteiger partial charge in [-0.05, 0) is 41.7 Å². The van der Waals surface area contributed by atoms with Crippen molar-refractivity contribution in [2.24, 2.45) is 16.7 Å². The van der Waals surface area contributed by atoms with Crippen LogP contribution in [-0.2, 0) is 6.42 Å². The standard InChI is InChI=1S/C19H29NO/c1-6-20-15(17-18(2,3)19(17,4)5)14-11-7-9-13-10-8-12-21-16(13)14/h7,9,11,15,17,20H,6,8,10,12H2,1-5H3. The zero-order valence-corrected chi connectivity index (χ0v) is 14.1. The van der Waals surface area contributed by atoms with Crippen LogP contribution in [0.3, 0.4) is 0 Å². The predicted octanol–water partition coefficient (Wildman–Crippen LogP) is 4.34. The molecule has 1 saturated carbocycles. The number of fused-ring (bicyclic) bond motifs is 1. The quantitative estimate of drug-likeness (QED) is 0.889. The third kappa shape index (κ3) is 2.19. The van der Waals surface area contributed by atoms with Gasteiger partial charge in [0.05, 0.1) is 6.61 Å². The van der Waals surface area contributed by atoms with Gasteiger partial charge >= 0.3 is 0 Å². The van der Waals surface area contributed by atoms with Gasteiger partial charge in [-0.1, -0.05) is 52.8 Å². The fraction of sp³-hybridized carbons (Fsp3) is 0.684. The van der Waals surface area contributed by atoms with Crippen LogP contribution in [0.2, 0.25) is 0 Å². The molecule has 0 spiro atoms. The summed E-state index contributed by atoms with van der Waals surface area (Å²) in [5, 5.41) is 3.74. The lowest BCUT2D eigenvalue weighted by Crippen LogP contribution is -2.26. The van der Waals surface area contributed by atoms with E-state index in [1.807, 2.05) is 0 Å². The van der Waals surface area contributed by atoms with Crippen LogP contribution in [-0.4, -0.2) is 13.2 Å². The molecule has 1 fully saturated rings. The molecule has 21 heavy (non-hydrogen) atoms. The van der Waals surface area contributed by atoms with Crippen LogP contribution >= 0.6 is 0 Å². The van der Waals surface area contributed by atoms with Crippen LogP contribution in [0.4, 0.5) is 0 Å². The fourth-order valence-corrected chi connectivity index (χ4v) is 4.37. The molecule has 0 radical (unpaired) electrons. The second-order valence-corrected chi connectivity index (χ2v) is 7.74. The first-order valence-corrected chi connectivity index (χ1v) is 8.39. The van der Waals surface area contributed by atoms with E-state index in [4.69, 9.17) is 4.74 Å². The molecule has 1 unspecified atom stereocenters. The molecule has 1 N–H and O–H groups in total. The largest absolute Gasteiger partial charge is 0.493 e. The summed E-state index contributed by atoms with van der Waals surface area (Å²) in [7, 11) is 0. The van der Waals surface area contributed by atoms with Gasteiger partial charge in [-0.15, -0.1) is 0 Å².